The first-order valence-electron chi connectivity index (χ1n) is 12.4. The van der Waals surface area contributed by atoms with Gasteiger partial charge in [0.2, 0.25) is 5.75 Å². The second kappa shape index (κ2) is 12.4. The summed E-state index contributed by atoms with van der Waals surface area (Å²) >= 11 is 6.00. The van der Waals surface area contributed by atoms with E-state index in [2.05, 4.69) is 11.9 Å². The third kappa shape index (κ3) is 6.67. The highest BCUT2D eigenvalue weighted by Gasteiger charge is 2.37. The Bertz CT molecular complexity index is 1690. The monoisotopic (exact) mass is 615 g/mol. The van der Waals surface area contributed by atoms with Crippen molar-refractivity contribution in [3.05, 3.63) is 105 Å². The molecule has 0 saturated carbocycles. The number of carbonyl (C=O) groups excluding carboxylic acids is 3. The molecule has 1 aliphatic heterocycles. The SMILES string of the molecule is C=CCc1cc(/C=C2\C(=O)NC(=O)N(c3cccc(Cl)c3)C2=O)cc(OCC)c1Oc1ccc(C(F)(F)F)cc1[N+](=O)[O-]. The molecule has 0 unspecified atom stereocenters. The van der Waals surface area contributed by atoms with Crippen LogP contribution in [0.15, 0.2) is 72.8 Å². The molecule has 0 bridgehead atoms. The highest BCUT2D eigenvalue weighted by molar-refractivity contribution is 6.39. The van der Waals surface area contributed by atoms with Gasteiger partial charge in [0.25, 0.3) is 11.8 Å². The molecule has 1 heterocycles. The van der Waals surface area contributed by atoms with Crippen LogP contribution in [-0.2, 0) is 22.2 Å². The average Bonchev–Trinajstić information content (AvgIpc) is 2.92. The molecule has 4 amide bonds. The number of urea groups is 1. The van der Waals surface area contributed by atoms with Crippen molar-refractivity contribution in [2.45, 2.75) is 19.5 Å². The number of hydrogen-bond donors (Lipinski definition) is 1. The van der Waals surface area contributed by atoms with Gasteiger partial charge in [-0.2, -0.15) is 13.2 Å². The predicted molar refractivity (Wildman–Crippen MR) is 150 cm³/mol. The molecule has 1 N–H and O–H groups in total. The van der Waals surface area contributed by atoms with Crippen LogP contribution >= 0.6 is 11.6 Å². The standard InChI is InChI=1S/C29H21ClF3N3O7/c1-3-6-17-11-16(12-21-26(37)34-28(39)35(27(21)38)20-8-5-7-19(30)15-20)13-24(42-4-2)25(17)43-23-10-9-18(29(31,32)33)14-22(23)36(40)41/h3,5,7-15H,1,4,6H2,2H3,(H,34,37,39)/b21-12+. The van der Waals surface area contributed by atoms with E-state index in [-0.39, 0.29) is 40.8 Å². The second-order valence-electron chi connectivity index (χ2n) is 8.91. The fraction of sp³-hybridized carbons (Fsp3) is 0.138. The van der Waals surface area contributed by atoms with Gasteiger partial charge in [-0.15, -0.1) is 6.58 Å². The number of nitrogens with one attached hydrogen (secondary N) is 1. The van der Waals surface area contributed by atoms with Crippen LogP contribution in [0.2, 0.25) is 5.02 Å². The molecule has 1 fully saturated rings. The summed E-state index contributed by atoms with van der Waals surface area (Å²) in [5, 5.41) is 14.0. The first kappa shape index (κ1) is 30.8. The van der Waals surface area contributed by atoms with E-state index in [1.54, 1.807) is 13.0 Å². The van der Waals surface area contributed by atoms with Gasteiger partial charge in [-0.1, -0.05) is 23.7 Å². The number of allylic oxidation sites excluding steroid dienone is 1. The Balaban J connectivity index is 1.81. The minimum atomic E-state index is -4.82. The van der Waals surface area contributed by atoms with Crippen LogP contribution in [0, 0.1) is 10.1 Å². The van der Waals surface area contributed by atoms with Crippen LogP contribution in [0.4, 0.5) is 29.3 Å². The van der Waals surface area contributed by atoms with Crippen molar-refractivity contribution in [2.24, 2.45) is 0 Å². The second-order valence-corrected chi connectivity index (χ2v) is 9.35. The number of rotatable bonds is 9. The van der Waals surface area contributed by atoms with E-state index >= 15 is 0 Å². The summed E-state index contributed by atoms with van der Waals surface area (Å²) in [6.45, 7) is 5.39. The Morgan fingerprint density at radius 2 is 1.84 bits per heavy atom. The Labute approximate surface area is 247 Å². The molecule has 0 radical (unpaired) electrons. The minimum absolute atomic E-state index is 0.00864. The topological polar surface area (TPSA) is 128 Å². The summed E-state index contributed by atoms with van der Waals surface area (Å²) in [5.74, 6) is -2.42. The van der Waals surface area contributed by atoms with E-state index in [9.17, 15) is 37.7 Å². The Kier molecular flexibility index (Phi) is 8.85. The maximum Gasteiger partial charge on any atom is 0.416 e. The number of nitro benzene ring substituents is 1. The molecule has 14 heteroatoms. The van der Waals surface area contributed by atoms with Crippen LogP contribution in [0.1, 0.15) is 23.6 Å². The lowest BCUT2D eigenvalue weighted by Gasteiger charge is -2.26. The number of nitro groups is 1. The quantitative estimate of drug-likeness (QED) is 0.0916. The zero-order valence-corrected chi connectivity index (χ0v) is 23.0. The molecule has 0 aliphatic carbocycles. The molecule has 0 atom stereocenters. The normalized spacial score (nSPS) is 14.5. The summed E-state index contributed by atoms with van der Waals surface area (Å²) in [4.78, 5) is 49.9. The van der Waals surface area contributed by atoms with E-state index in [0.29, 0.717) is 17.7 Å². The fourth-order valence-electron chi connectivity index (χ4n) is 4.16. The lowest BCUT2D eigenvalue weighted by Crippen LogP contribution is -2.54. The van der Waals surface area contributed by atoms with E-state index < -0.39 is 51.5 Å². The van der Waals surface area contributed by atoms with Gasteiger partial charge in [0.15, 0.2) is 11.5 Å². The number of anilines is 1. The van der Waals surface area contributed by atoms with Gasteiger partial charge in [-0.25, -0.2) is 9.69 Å². The minimum Gasteiger partial charge on any atom is -0.490 e. The molecular weight excluding hydrogens is 595 g/mol. The molecule has 3 aromatic carbocycles. The maximum absolute atomic E-state index is 13.3. The van der Waals surface area contributed by atoms with Gasteiger partial charge in [0, 0.05) is 16.7 Å². The van der Waals surface area contributed by atoms with Crippen molar-refractivity contribution in [3.8, 4) is 17.2 Å². The summed E-state index contributed by atoms with van der Waals surface area (Å²) < 4.78 is 51.0. The Morgan fingerprint density at radius 3 is 2.47 bits per heavy atom. The van der Waals surface area contributed by atoms with Gasteiger partial charge >= 0.3 is 17.9 Å². The van der Waals surface area contributed by atoms with Crippen molar-refractivity contribution in [3.63, 3.8) is 0 Å². The lowest BCUT2D eigenvalue weighted by molar-refractivity contribution is -0.385. The van der Waals surface area contributed by atoms with Gasteiger partial charge in [-0.05, 0) is 67.4 Å². The van der Waals surface area contributed by atoms with Crippen molar-refractivity contribution in [1.82, 2.24) is 5.32 Å². The molecule has 3 aromatic rings. The number of imide groups is 2. The van der Waals surface area contributed by atoms with Gasteiger partial charge < -0.3 is 9.47 Å². The smallest absolute Gasteiger partial charge is 0.416 e. The molecule has 43 heavy (non-hydrogen) atoms. The highest BCUT2D eigenvalue weighted by atomic mass is 35.5. The van der Waals surface area contributed by atoms with Gasteiger partial charge in [0.05, 0.1) is 22.8 Å². The Morgan fingerprint density at radius 1 is 1.09 bits per heavy atom. The first-order chi connectivity index (χ1) is 20.3. The van der Waals surface area contributed by atoms with Crippen LogP contribution in [0.3, 0.4) is 0 Å². The number of hydrogen-bond acceptors (Lipinski definition) is 7. The Hall–Kier alpha value is -5.17. The number of benzene rings is 3. The summed E-state index contributed by atoms with van der Waals surface area (Å²) in [5.41, 5.74) is -1.88. The van der Waals surface area contributed by atoms with Crippen LogP contribution in [-0.4, -0.2) is 29.4 Å². The molecule has 222 valence electrons. The van der Waals surface area contributed by atoms with Crippen LogP contribution in [0.5, 0.6) is 17.2 Å². The first-order valence-corrected chi connectivity index (χ1v) is 12.8. The van der Waals surface area contributed by atoms with E-state index in [1.165, 1.54) is 42.5 Å². The summed E-state index contributed by atoms with van der Waals surface area (Å²) in [7, 11) is 0. The third-order valence-electron chi connectivity index (χ3n) is 5.99. The lowest BCUT2D eigenvalue weighted by atomic mass is 10.0. The molecule has 1 aliphatic rings. The van der Waals surface area contributed by atoms with Crippen LogP contribution in [0.25, 0.3) is 6.08 Å². The van der Waals surface area contributed by atoms with E-state index in [0.717, 1.165) is 11.0 Å². The molecule has 0 aromatic heterocycles. The number of nitrogens with zero attached hydrogens (tertiary/aromatic N) is 2. The number of alkyl halides is 3. The number of ether oxygens (including phenoxy) is 2. The van der Waals surface area contributed by atoms with Crippen molar-refractivity contribution >= 4 is 46.9 Å². The zero-order chi connectivity index (χ0) is 31.5. The fourth-order valence-corrected chi connectivity index (χ4v) is 4.34. The number of amides is 4. The van der Waals surface area contributed by atoms with E-state index in [4.69, 9.17) is 21.1 Å². The highest BCUT2D eigenvalue weighted by Crippen LogP contribution is 2.42. The van der Waals surface area contributed by atoms with E-state index in [1.807, 2.05) is 0 Å². The molecule has 10 nitrogen and oxygen atoms in total. The van der Waals surface area contributed by atoms with Gasteiger partial charge in [-0.3, -0.25) is 25.0 Å². The number of barbiturate groups is 1. The van der Waals surface area contributed by atoms with Crippen LogP contribution < -0.4 is 19.7 Å². The zero-order valence-electron chi connectivity index (χ0n) is 22.2. The molecule has 0 spiro atoms. The predicted octanol–water partition coefficient (Wildman–Crippen LogP) is 6.85. The average molecular weight is 616 g/mol. The third-order valence-corrected chi connectivity index (χ3v) is 6.23. The van der Waals surface area contributed by atoms with Crippen molar-refractivity contribution in [1.29, 1.82) is 0 Å². The van der Waals surface area contributed by atoms with Crippen molar-refractivity contribution < 1.29 is 42.0 Å². The molecule has 4 rings (SSSR count). The summed E-state index contributed by atoms with van der Waals surface area (Å²) in [6.07, 6.45) is -2.05. The molecular formula is C29H21ClF3N3O7. The largest absolute Gasteiger partial charge is 0.490 e. The summed E-state index contributed by atoms with van der Waals surface area (Å²) in [6, 6.07) is 9.60. The van der Waals surface area contributed by atoms with Gasteiger partial charge in [0.1, 0.15) is 5.57 Å². The molecule has 1 saturated heterocycles. The number of halogens is 4. The van der Waals surface area contributed by atoms with Crippen molar-refractivity contribution in [2.75, 3.05) is 11.5 Å². The maximum atomic E-state index is 13.3. The number of carbonyl (C=O) groups is 3.